The lowest BCUT2D eigenvalue weighted by molar-refractivity contribution is -0.121. The third-order valence-corrected chi connectivity index (χ3v) is 7.00. The fourth-order valence-corrected chi connectivity index (χ4v) is 4.99. The van der Waals surface area contributed by atoms with E-state index in [1.54, 1.807) is 16.4 Å². The molecule has 1 N–H and O–H groups in total. The van der Waals surface area contributed by atoms with Crippen LogP contribution in [0.1, 0.15) is 58.4 Å². The molecule has 2 fully saturated rings. The van der Waals surface area contributed by atoms with Crippen LogP contribution < -0.4 is 10.9 Å². The van der Waals surface area contributed by atoms with Gasteiger partial charge < -0.3 is 19.5 Å². The second-order valence-electron chi connectivity index (χ2n) is 9.16. The Balaban J connectivity index is 1.50. The third-order valence-electron chi connectivity index (χ3n) is 7.00. The van der Waals surface area contributed by atoms with E-state index in [1.807, 2.05) is 30.5 Å². The largest absolute Gasteiger partial charge is 0.450 e. The predicted molar refractivity (Wildman–Crippen MR) is 125 cm³/mol. The summed E-state index contributed by atoms with van der Waals surface area (Å²) in [6, 6.07) is 7.48. The summed E-state index contributed by atoms with van der Waals surface area (Å²) in [5.41, 5.74) is 0.646. The molecule has 1 aliphatic carbocycles. The Hall–Kier alpha value is -2.83. The van der Waals surface area contributed by atoms with Crippen LogP contribution in [-0.4, -0.2) is 41.2 Å². The maximum absolute atomic E-state index is 13.3. The summed E-state index contributed by atoms with van der Waals surface area (Å²) in [6.07, 6.45) is 6.99. The molecule has 0 unspecified atom stereocenters. The van der Waals surface area contributed by atoms with E-state index >= 15 is 0 Å². The van der Waals surface area contributed by atoms with Gasteiger partial charge in [-0.1, -0.05) is 13.0 Å². The van der Waals surface area contributed by atoms with Crippen molar-refractivity contribution >= 4 is 28.5 Å². The Morgan fingerprint density at radius 3 is 2.44 bits per heavy atom. The minimum atomic E-state index is -0.287. The van der Waals surface area contributed by atoms with Crippen molar-refractivity contribution in [3.05, 3.63) is 40.8 Å². The fourth-order valence-electron chi connectivity index (χ4n) is 4.99. The number of amides is 2. The van der Waals surface area contributed by atoms with Gasteiger partial charge in [0.1, 0.15) is 0 Å². The van der Waals surface area contributed by atoms with Gasteiger partial charge in [0.2, 0.25) is 5.91 Å². The van der Waals surface area contributed by atoms with Gasteiger partial charge in [-0.15, -0.1) is 0 Å². The summed E-state index contributed by atoms with van der Waals surface area (Å²) in [7, 11) is 0. The molecule has 0 bridgehead atoms. The molecule has 1 aromatic heterocycles. The Labute approximate surface area is 188 Å². The third kappa shape index (κ3) is 4.66. The highest BCUT2D eigenvalue weighted by Crippen LogP contribution is 2.30. The number of aromatic nitrogens is 1. The van der Waals surface area contributed by atoms with Crippen molar-refractivity contribution in [2.24, 2.45) is 11.8 Å². The van der Waals surface area contributed by atoms with Crippen molar-refractivity contribution in [2.45, 2.75) is 58.4 Å². The zero-order chi connectivity index (χ0) is 22.7. The monoisotopic (exact) mass is 439 g/mol. The maximum Gasteiger partial charge on any atom is 0.409 e. The highest BCUT2D eigenvalue weighted by Gasteiger charge is 2.27. The van der Waals surface area contributed by atoms with Gasteiger partial charge >= 0.3 is 6.09 Å². The second kappa shape index (κ2) is 9.76. The van der Waals surface area contributed by atoms with Gasteiger partial charge in [0.25, 0.3) is 5.56 Å². The maximum atomic E-state index is 13.3. The van der Waals surface area contributed by atoms with Crippen LogP contribution in [0.2, 0.25) is 0 Å². The summed E-state index contributed by atoms with van der Waals surface area (Å²) in [5.74, 6) is 0.797. The minimum absolute atomic E-state index is 0.0417. The van der Waals surface area contributed by atoms with Gasteiger partial charge in [0, 0.05) is 47.7 Å². The lowest BCUT2D eigenvalue weighted by Gasteiger charge is -2.32. The molecule has 2 aliphatic rings. The molecular formula is C25H33N3O4. The smallest absolute Gasteiger partial charge is 0.409 e. The van der Waals surface area contributed by atoms with Gasteiger partial charge in [-0.2, -0.15) is 0 Å². The molecule has 0 radical (unpaired) electrons. The summed E-state index contributed by atoms with van der Waals surface area (Å²) < 4.78 is 6.86. The highest BCUT2D eigenvalue weighted by atomic mass is 16.6. The number of fused-ring (bicyclic) bond motifs is 1. The number of benzene rings is 1. The number of likely N-dealkylation sites (tertiary alicyclic amines) is 1. The van der Waals surface area contributed by atoms with Crippen molar-refractivity contribution in [3.63, 3.8) is 0 Å². The van der Waals surface area contributed by atoms with Crippen LogP contribution in [0.3, 0.4) is 0 Å². The molecule has 1 saturated heterocycles. The number of rotatable bonds is 4. The van der Waals surface area contributed by atoms with E-state index in [1.165, 1.54) is 0 Å². The standard InChI is InChI=1S/C25H33N3O4/c1-3-32-25(31)27-14-11-19(12-15-27)28-16-13-20-21(24(28)30)5-4-6-22(20)26-23(29)18-9-7-17(2)8-10-18/h4-6,13,16-19H,3,7-12,14-15H2,1-2H3,(H,26,29)/t17-,18-. The van der Waals surface area contributed by atoms with E-state index in [4.69, 9.17) is 4.74 Å². The van der Waals surface area contributed by atoms with Gasteiger partial charge in [-0.05, 0) is 69.6 Å². The van der Waals surface area contributed by atoms with Crippen molar-refractivity contribution in [1.29, 1.82) is 0 Å². The van der Waals surface area contributed by atoms with Crippen molar-refractivity contribution < 1.29 is 14.3 Å². The van der Waals surface area contributed by atoms with E-state index in [0.29, 0.717) is 49.5 Å². The molecule has 2 amide bonds. The number of piperidine rings is 1. The number of hydrogen-bond donors (Lipinski definition) is 1. The summed E-state index contributed by atoms with van der Waals surface area (Å²) >= 11 is 0. The van der Waals surface area contributed by atoms with E-state index in [9.17, 15) is 14.4 Å². The van der Waals surface area contributed by atoms with Crippen LogP contribution in [0.5, 0.6) is 0 Å². The van der Waals surface area contributed by atoms with Crippen LogP contribution >= 0.6 is 0 Å². The first-order chi connectivity index (χ1) is 15.5. The van der Waals surface area contributed by atoms with Gasteiger partial charge in [0.15, 0.2) is 0 Å². The molecule has 4 rings (SSSR count). The zero-order valence-electron chi connectivity index (χ0n) is 19.0. The molecule has 1 aromatic carbocycles. The molecule has 32 heavy (non-hydrogen) atoms. The molecule has 172 valence electrons. The summed E-state index contributed by atoms with van der Waals surface area (Å²) in [4.78, 5) is 39.7. The Morgan fingerprint density at radius 1 is 1.03 bits per heavy atom. The highest BCUT2D eigenvalue weighted by molar-refractivity contribution is 6.02. The predicted octanol–water partition coefficient (Wildman–Crippen LogP) is 4.56. The molecule has 7 nitrogen and oxygen atoms in total. The van der Waals surface area contributed by atoms with Gasteiger partial charge in [-0.3, -0.25) is 9.59 Å². The van der Waals surface area contributed by atoms with E-state index in [2.05, 4.69) is 12.2 Å². The van der Waals surface area contributed by atoms with Gasteiger partial charge in [0.05, 0.1) is 6.61 Å². The summed E-state index contributed by atoms with van der Waals surface area (Å²) in [6.45, 7) is 5.55. The SMILES string of the molecule is CCOC(=O)N1CCC(n2ccc3c(NC(=O)[C@H]4CC[C@H](C)CC4)cccc3c2=O)CC1. The molecule has 1 aliphatic heterocycles. The second-order valence-corrected chi connectivity index (χ2v) is 9.16. The first kappa shape index (κ1) is 22.4. The Kier molecular flexibility index (Phi) is 6.82. The molecule has 0 spiro atoms. The zero-order valence-corrected chi connectivity index (χ0v) is 19.0. The molecular weight excluding hydrogens is 406 g/mol. The van der Waals surface area contributed by atoms with E-state index in [-0.39, 0.29) is 29.5 Å². The van der Waals surface area contributed by atoms with Crippen LogP contribution in [0, 0.1) is 11.8 Å². The van der Waals surface area contributed by atoms with E-state index < -0.39 is 0 Å². The van der Waals surface area contributed by atoms with E-state index in [0.717, 1.165) is 31.1 Å². The number of nitrogens with zero attached hydrogens (tertiary/aromatic N) is 2. The van der Waals surface area contributed by atoms with Crippen LogP contribution in [0.25, 0.3) is 10.8 Å². The fraction of sp³-hybridized carbons (Fsp3) is 0.560. The quantitative estimate of drug-likeness (QED) is 0.757. The average molecular weight is 440 g/mol. The molecule has 1 saturated carbocycles. The number of nitrogens with one attached hydrogen (secondary N) is 1. The van der Waals surface area contributed by atoms with Crippen molar-refractivity contribution in [3.8, 4) is 0 Å². The molecule has 2 aromatic rings. The number of anilines is 1. The molecule has 2 heterocycles. The number of ether oxygens (including phenoxy) is 1. The summed E-state index contributed by atoms with van der Waals surface area (Å²) in [5, 5.41) is 4.46. The number of carbonyl (C=O) groups excluding carboxylic acids is 2. The Morgan fingerprint density at radius 2 is 1.75 bits per heavy atom. The van der Waals surface area contributed by atoms with Crippen LogP contribution in [0.4, 0.5) is 10.5 Å². The first-order valence-electron chi connectivity index (χ1n) is 11.8. The number of hydrogen-bond acceptors (Lipinski definition) is 4. The molecule has 0 atom stereocenters. The number of carbonyl (C=O) groups is 2. The van der Waals surface area contributed by atoms with Crippen LogP contribution in [0.15, 0.2) is 35.3 Å². The average Bonchev–Trinajstić information content (AvgIpc) is 2.80. The van der Waals surface area contributed by atoms with Gasteiger partial charge in [-0.25, -0.2) is 4.79 Å². The van der Waals surface area contributed by atoms with Crippen molar-refractivity contribution in [1.82, 2.24) is 9.47 Å². The van der Waals surface area contributed by atoms with Crippen molar-refractivity contribution in [2.75, 3.05) is 25.0 Å². The number of pyridine rings is 1. The lowest BCUT2D eigenvalue weighted by Crippen LogP contribution is -2.41. The normalized spacial score (nSPS) is 22.0. The molecule has 7 heteroatoms. The minimum Gasteiger partial charge on any atom is -0.450 e. The lowest BCUT2D eigenvalue weighted by atomic mass is 9.82. The Bertz CT molecular complexity index is 1030. The first-order valence-corrected chi connectivity index (χ1v) is 11.8. The van der Waals surface area contributed by atoms with Crippen LogP contribution in [-0.2, 0) is 9.53 Å². The topological polar surface area (TPSA) is 80.6 Å².